The van der Waals surface area contributed by atoms with Crippen molar-refractivity contribution in [2.24, 2.45) is 0 Å². The zero-order valence-corrected chi connectivity index (χ0v) is 36.5. The van der Waals surface area contributed by atoms with E-state index in [0.29, 0.717) is 12.8 Å². The lowest BCUT2D eigenvalue weighted by Gasteiger charge is -2.15. The first kappa shape index (κ1) is 52.6. The number of aliphatic hydroxyl groups is 1. The average Bonchev–Trinajstić information content (AvgIpc) is 3.17. The second-order valence-corrected chi connectivity index (χ2v) is 16.5. The molecule has 0 aliphatic rings. The first-order valence-corrected chi connectivity index (χ1v) is 24.2. The van der Waals surface area contributed by atoms with Crippen molar-refractivity contribution in [3.63, 3.8) is 0 Å². The fraction of sp³-hybridized carbons (Fsp3) is 0.918. The SMILES string of the molecule is CCCC/C=C\CCCCCCCC(=O)OC(CO)COC(=O)CCCCCCCCCCCCCCCCCCCCCCCCCCCCCCC. The van der Waals surface area contributed by atoms with E-state index in [1.165, 1.54) is 205 Å². The van der Waals surface area contributed by atoms with E-state index in [1.807, 2.05) is 0 Å². The summed E-state index contributed by atoms with van der Waals surface area (Å²) in [6, 6.07) is 0. The second kappa shape index (κ2) is 46.0. The highest BCUT2D eigenvalue weighted by molar-refractivity contribution is 5.70. The lowest BCUT2D eigenvalue weighted by atomic mass is 10.0. The number of unbranched alkanes of at least 4 members (excludes halogenated alkanes) is 35. The minimum atomic E-state index is -0.769. The molecule has 0 heterocycles. The Hall–Kier alpha value is -1.36. The van der Waals surface area contributed by atoms with Crippen LogP contribution in [0.4, 0.5) is 0 Å². The van der Waals surface area contributed by atoms with E-state index in [-0.39, 0.29) is 25.2 Å². The van der Waals surface area contributed by atoms with Gasteiger partial charge in [0.2, 0.25) is 0 Å². The topological polar surface area (TPSA) is 72.8 Å². The number of allylic oxidation sites excluding steroid dienone is 2. The first-order chi connectivity index (χ1) is 26.6. The van der Waals surface area contributed by atoms with E-state index < -0.39 is 6.10 Å². The van der Waals surface area contributed by atoms with Crippen LogP contribution < -0.4 is 0 Å². The number of hydrogen-bond acceptors (Lipinski definition) is 5. The van der Waals surface area contributed by atoms with Crippen molar-refractivity contribution in [1.82, 2.24) is 0 Å². The van der Waals surface area contributed by atoms with Gasteiger partial charge in [0, 0.05) is 12.8 Å². The Kier molecular flexibility index (Phi) is 44.9. The predicted molar refractivity (Wildman–Crippen MR) is 233 cm³/mol. The molecule has 0 aliphatic heterocycles. The van der Waals surface area contributed by atoms with Gasteiger partial charge in [-0.1, -0.05) is 238 Å². The van der Waals surface area contributed by atoms with Crippen molar-refractivity contribution in [3.8, 4) is 0 Å². The van der Waals surface area contributed by atoms with Crippen LogP contribution in [-0.2, 0) is 19.1 Å². The molecule has 320 valence electrons. The maximum atomic E-state index is 12.1. The molecule has 0 spiro atoms. The number of esters is 2. The Balaban J connectivity index is 3.37. The molecular weight excluding hydrogens is 669 g/mol. The maximum Gasteiger partial charge on any atom is 0.306 e. The van der Waals surface area contributed by atoms with Crippen LogP contribution in [0, 0.1) is 0 Å². The zero-order valence-electron chi connectivity index (χ0n) is 36.5. The first-order valence-electron chi connectivity index (χ1n) is 24.2. The van der Waals surface area contributed by atoms with Crippen molar-refractivity contribution in [2.45, 2.75) is 277 Å². The van der Waals surface area contributed by atoms with Gasteiger partial charge in [-0.2, -0.15) is 0 Å². The third kappa shape index (κ3) is 43.4. The standard InChI is InChI=1S/C49H94O5/c1-3-5-7-9-11-13-15-16-17-18-19-20-21-22-23-24-25-26-27-28-29-30-31-32-34-35-37-39-41-43-48(51)53-46-47(45-50)54-49(52)44-42-40-38-36-33-14-12-10-8-6-4-2/h10,12,47,50H,3-9,11,13-46H2,1-2H3/b12-10-. The predicted octanol–water partition coefficient (Wildman–Crippen LogP) is 15.6. The number of aliphatic hydroxyl groups excluding tert-OH is 1. The summed E-state index contributed by atoms with van der Waals surface area (Å²) in [6.45, 7) is 4.12. The summed E-state index contributed by atoms with van der Waals surface area (Å²) in [7, 11) is 0. The Morgan fingerprint density at radius 2 is 0.704 bits per heavy atom. The zero-order chi connectivity index (χ0) is 39.3. The van der Waals surface area contributed by atoms with Gasteiger partial charge in [-0.25, -0.2) is 0 Å². The molecule has 1 atom stereocenters. The lowest BCUT2D eigenvalue weighted by Crippen LogP contribution is -2.28. The number of carbonyl (C=O) groups excluding carboxylic acids is 2. The van der Waals surface area contributed by atoms with Crippen LogP contribution in [-0.4, -0.2) is 36.4 Å². The summed E-state index contributed by atoms with van der Waals surface area (Å²) < 4.78 is 10.6. The third-order valence-corrected chi connectivity index (χ3v) is 11.1. The number of hydrogen-bond donors (Lipinski definition) is 1. The monoisotopic (exact) mass is 763 g/mol. The minimum absolute atomic E-state index is 0.0631. The van der Waals surface area contributed by atoms with E-state index in [2.05, 4.69) is 26.0 Å². The van der Waals surface area contributed by atoms with E-state index >= 15 is 0 Å². The van der Waals surface area contributed by atoms with Crippen LogP contribution in [0.5, 0.6) is 0 Å². The number of rotatable bonds is 45. The Bertz CT molecular complexity index is 780. The highest BCUT2D eigenvalue weighted by Gasteiger charge is 2.16. The molecular formula is C49H94O5. The molecule has 1 unspecified atom stereocenters. The van der Waals surface area contributed by atoms with Crippen molar-refractivity contribution >= 4 is 11.9 Å². The molecule has 1 N–H and O–H groups in total. The van der Waals surface area contributed by atoms with Gasteiger partial charge in [0.1, 0.15) is 6.61 Å². The van der Waals surface area contributed by atoms with Crippen LogP contribution >= 0.6 is 0 Å². The molecule has 0 saturated heterocycles. The molecule has 0 radical (unpaired) electrons. The molecule has 0 fully saturated rings. The Labute approximate surface area is 337 Å². The van der Waals surface area contributed by atoms with E-state index in [0.717, 1.165) is 38.5 Å². The van der Waals surface area contributed by atoms with Gasteiger partial charge in [-0.15, -0.1) is 0 Å². The Morgan fingerprint density at radius 3 is 1.06 bits per heavy atom. The number of carbonyl (C=O) groups is 2. The summed E-state index contributed by atoms with van der Waals surface area (Å²) in [4.78, 5) is 24.3. The van der Waals surface area contributed by atoms with Gasteiger partial charge in [-0.05, 0) is 32.1 Å². The highest BCUT2D eigenvalue weighted by atomic mass is 16.6. The smallest absolute Gasteiger partial charge is 0.306 e. The maximum absolute atomic E-state index is 12.1. The molecule has 0 bridgehead atoms. The molecule has 0 aromatic carbocycles. The summed E-state index contributed by atoms with van der Waals surface area (Å²) >= 11 is 0. The van der Waals surface area contributed by atoms with Gasteiger partial charge < -0.3 is 14.6 Å². The van der Waals surface area contributed by atoms with Gasteiger partial charge in [-0.3, -0.25) is 9.59 Å². The highest BCUT2D eigenvalue weighted by Crippen LogP contribution is 2.17. The normalized spacial score (nSPS) is 12.1. The fourth-order valence-electron chi connectivity index (χ4n) is 7.36. The van der Waals surface area contributed by atoms with Crippen molar-refractivity contribution in [3.05, 3.63) is 12.2 Å². The van der Waals surface area contributed by atoms with Crippen LogP contribution in [0.3, 0.4) is 0 Å². The number of ether oxygens (including phenoxy) is 2. The molecule has 5 heteroatoms. The molecule has 0 aromatic rings. The average molecular weight is 763 g/mol. The van der Waals surface area contributed by atoms with Gasteiger partial charge in [0.15, 0.2) is 6.10 Å². The summed E-state index contributed by atoms with van der Waals surface area (Å²) in [5.74, 6) is -0.588. The Morgan fingerprint density at radius 1 is 0.407 bits per heavy atom. The van der Waals surface area contributed by atoms with E-state index in [4.69, 9.17) is 9.47 Å². The van der Waals surface area contributed by atoms with Gasteiger partial charge >= 0.3 is 11.9 Å². The molecule has 54 heavy (non-hydrogen) atoms. The van der Waals surface area contributed by atoms with Crippen molar-refractivity contribution in [2.75, 3.05) is 13.2 Å². The summed E-state index contributed by atoms with van der Waals surface area (Å²) in [5.41, 5.74) is 0. The van der Waals surface area contributed by atoms with Crippen LogP contribution in [0.15, 0.2) is 12.2 Å². The van der Waals surface area contributed by atoms with Crippen molar-refractivity contribution < 1.29 is 24.2 Å². The van der Waals surface area contributed by atoms with Crippen LogP contribution in [0.1, 0.15) is 271 Å². The molecule has 0 rings (SSSR count). The lowest BCUT2D eigenvalue weighted by molar-refractivity contribution is -0.161. The summed E-state index contributed by atoms with van der Waals surface area (Å²) in [5, 5.41) is 9.56. The molecule has 5 nitrogen and oxygen atoms in total. The van der Waals surface area contributed by atoms with E-state index in [1.54, 1.807) is 0 Å². The second-order valence-electron chi connectivity index (χ2n) is 16.5. The largest absolute Gasteiger partial charge is 0.462 e. The third-order valence-electron chi connectivity index (χ3n) is 11.1. The van der Waals surface area contributed by atoms with Crippen LogP contribution in [0.2, 0.25) is 0 Å². The molecule has 0 aromatic heterocycles. The summed E-state index contributed by atoms with van der Waals surface area (Å²) in [6.07, 6.45) is 54.7. The van der Waals surface area contributed by atoms with Crippen molar-refractivity contribution in [1.29, 1.82) is 0 Å². The van der Waals surface area contributed by atoms with Gasteiger partial charge in [0.25, 0.3) is 0 Å². The fourth-order valence-corrected chi connectivity index (χ4v) is 7.36. The van der Waals surface area contributed by atoms with Gasteiger partial charge in [0.05, 0.1) is 6.61 Å². The molecule has 0 saturated carbocycles. The minimum Gasteiger partial charge on any atom is -0.462 e. The van der Waals surface area contributed by atoms with E-state index in [9.17, 15) is 14.7 Å². The molecule has 0 aliphatic carbocycles. The molecule has 0 amide bonds. The van der Waals surface area contributed by atoms with Crippen LogP contribution in [0.25, 0.3) is 0 Å². The quantitative estimate of drug-likeness (QED) is 0.0380.